The Kier molecular flexibility index (Phi) is 2.77. The van der Waals surface area contributed by atoms with Crippen molar-refractivity contribution in [3.63, 3.8) is 0 Å². The normalized spacial score (nSPS) is 9.64. The second-order valence-corrected chi connectivity index (χ2v) is 3.13. The summed E-state index contributed by atoms with van der Waals surface area (Å²) in [6, 6.07) is 1.93. The predicted octanol–water partition coefficient (Wildman–Crippen LogP) is 2.48. The molecule has 0 unspecified atom stereocenters. The minimum Gasteiger partial charge on any atom is -0.294 e. The Morgan fingerprint density at radius 3 is 2.64 bits per heavy atom. The molecule has 0 spiro atoms. The molecule has 0 saturated heterocycles. The van der Waals surface area contributed by atoms with Crippen LogP contribution in [-0.2, 0) is 6.54 Å². The van der Waals surface area contributed by atoms with Gasteiger partial charge in [-0.3, -0.25) is 4.57 Å². The van der Waals surface area contributed by atoms with E-state index in [1.807, 2.05) is 6.07 Å². The first-order valence-corrected chi connectivity index (χ1v) is 4.15. The number of rotatable bonds is 1. The summed E-state index contributed by atoms with van der Waals surface area (Å²) in [6.07, 6.45) is 0. The van der Waals surface area contributed by atoms with Gasteiger partial charge in [0.15, 0.2) is 9.89 Å². The molecule has 0 aliphatic carbocycles. The minimum absolute atomic E-state index is 0.138. The Hall–Kier alpha value is -0.240. The number of halogens is 3. The van der Waals surface area contributed by atoms with Crippen molar-refractivity contribution in [1.29, 1.82) is 5.26 Å². The molecule has 0 fully saturated rings. The van der Waals surface area contributed by atoms with Crippen LogP contribution in [0.25, 0.3) is 0 Å². The molecule has 6 heteroatoms. The second-order valence-electron chi connectivity index (χ2n) is 1.71. The molecule has 0 bridgehead atoms. The van der Waals surface area contributed by atoms with Gasteiger partial charge in [0.1, 0.15) is 11.7 Å². The lowest BCUT2D eigenvalue weighted by molar-refractivity contribution is 0.806. The lowest BCUT2D eigenvalue weighted by Crippen LogP contribution is -1.94. The summed E-state index contributed by atoms with van der Waals surface area (Å²) in [4.78, 5) is 3.79. The summed E-state index contributed by atoms with van der Waals surface area (Å²) in [5.41, 5.74) is 0. The fraction of sp³-hybridized carbons (Fsp3) is 0.200. The van der Waals surface area contributed by atoms with Gasteiger partial charge in [-0.25, -0.2) is 4.98 Å². The van der Waals surface area contributed by atoms with Crippen molar-refractivity contribution in [2.45, 2.75) is 6.54 Å². The predicted molar refractivity (Wildman–Crippen MR) is 45.6 cm³/mol. The highest BCUT2D eigenvalue weighted by Gasteiger charge is 2.10. The monoisotopic (exact) mass is 253 g/mol. The van der Waals surface area contributed by atoms with Crippen LogP contribution in [-0.4, -0.2) is 9.55 Å². The van der Waals surface area contributed by atoms with Gasteiger partial charge in [0.05, 0.1) is 6.07 Å². The van der Waals surface area contributed by atoms with Crippen LogP contribution < -0.4 is 0 Å². The fourth-order valence-electron chi connectivity index (χ4n) is 0.585. The molecule has 3 nitrogen and oxygen atoms in total. The van der Waals surface area contributed by atoms with Crippen molar-refractivity contribution >= 4 is 39.1 Å². The number of imidazole rings is 1. The minimum atomic E-state index is 0.138. The molecule has 1 aromatic rings. The number of nitrogens with zero attached hydrogens (tertiary/aromatic N) is 3. The van der Waals surface area contributed by atoms with Gasteiger partial charge in [0, 0.05) is 0 Å². The van der Waals surface area contributed by atoms with E-state index < -0.39 is 0 Å². The van der Waals surface area contributed by atoms with E-state index in [2.05, 4.69) is 20.9 Å². The third-order valence-corrected chi connectivity index (χ3v) is 2.40. The summed E-state index contributed by atoms with van der Waals surface area (Å²) >= 11 is 14.3. The van der Waals surface area contributed by atoms with Crippen molar-refractivity contribution in [2.24, 2.45) is 0 Å². The Bertz CT molecular complexity index is 314. The van der Waals surface area contributed by atoms with Crippen LogP contribution in [0.1, 0.15) is 0 Å². The van der Waals surface area contributed by atoms with E-state index in [0.717, 1.165) is 0 Å². The van der Waals surface area contributed by atoms with E-state index in [1.54, 1.807) is 0 Å². The number of aromatic nitrogens is 2. The summed E-state index contributed by atoms with van der Waals surface area (Å²) in [7, 11) is 0. The van der Waals surface area contributed by atoms with Gasteiger partial charge in [-0.2, -0.15) is 5.26 Å². The number of nitriles is 1. The third kappa shape index (κ3) is 1.67. The van der Waals surface area contributed by atoms with Crippen LogP contribution in [0.15, 0.2) is 4.73 Å². The Balaban J connectivity index is 3.14. The first-order chi connectivity index (χ1) is 5.16. The van der Waals surface area contributed by atoms with E-state index >= 15 is 0 Å². The standard InChI is InChI=1S/C5H2BrCl2N3/c6-5-10-3(7)4(8)11(5)2-1-9/h2H2. The van der Waals surface area contributed by atoms with Crippen LogP contribution in [0.2, 0.25) is 10.3 Å². The molecule has 0 aromatic carbocycles. The SMILES string of the molecule is N#CCn1c(Br)nc(Cl)c1Cl. The summed E-state index contributed by atoms with van der Waals surface area (Å²) in [5, 5.41) is 8.84. The summed E-state index contributed by atoms with van der Waals surface area (Å²) in [6.45, 7) is 0.138. The van der Waals surface area contributed by atoms with Gasteiger partial charge >= 0.3 is 0 Å². The summed E-state index contributed by atoms with van der Waals surface area (Å²) in [5.74, 6) is 0. The molecule has 0 radical (unpaired) electrons. The maximum Gasteiger partial charge on any atom is 0.180 e. The van der Waals surface area contributed by atoms with Gasteiger partial charge in [0.2, 0.25) is 0 Å². The third-order valence-electron chi connectivity index (χ3n) is 1.05. The highest BCUT2D eigenvalue weighted by atomic mass is 79.9. The summed E-state index contributed by atoms with van der Waals surface area (Å²) < 4.78 is 1.93. The first-order valence-electron chi connectivity index (χ1n) is 2.60. The van der Waals surface area contributed by atoms with E-state index in [1.165, 1.54) is 4.57 Å². The topological polar surface area (TPSA) is 41.6 Å². The first kappa shape index (κ1) is 8.85. The Labute approximate surface area is 81.7 Å². The van der Waals surface area contributed by atoms with Crippen LogP contribution in [0.3, 0.4) is 0 Å². The van der Waals surface area contributed by atoms with Crippen molar-refractivity contribution in [3.8, 4) is 6.07 Å². The molecule has 1 heterocycles. The molecule has 1 aromatic heterocycles. The van der Waals surface area contributed by atoms with E-state index in [9.17, 15) is 0 Å². The van der Waals surface area contributed by atoms with Crippen molar-refractivity contribution in [3.05, 3.63) is 15.0 Å². The van der Waals surface area contributed by atoms with Crippen LogP contribution in [0.4, 0.5) is 0 Å². The maximum absolute atomic E-state index is 8.36. The van der Waals surface area contributed by atoms with Crippen molar-refractivity contribution in [2.75, 3.05) is 0 Å². The lowest BCUT2D eigenvalue weighted by Gasteiger charge is -1.95. The quantitative estimate of drug-likeness (QED) is 0.773. The Morgan fingerprint density at radius 1 is 1.64 bits per heavy atom. The Morgan fingerprint density at radius 2 is 2.27 bits per heavy atom. The number of hydrogen-bond acceptors (Lipinski definition) is 2. The highest BCUT2D eigenvalue weighted by molar-refractivity contribution is 9.10. The van der Waals surface area contributed by atoms with Crippen molar-refractivity contribution < 1.29 is 0 Å². The molecule has 58 valence electrons. The molecule has 0 atom stereocenters. The zero-order valence-electron chi connectivity index (χ0n) is 5.18. The average Bonchev–Trinajstić information content (AvgIpc) is 2.17. The highest BCUT2D eigenvalue weighted by Crippen LogP contribution is 2.25. The van der Waals surface area contributed by atoms with Crippen molar-refractivity contribution in [1.82, 2.24) is 9.55 Å². The molecule has 1 rings (SSSR count). The zero-order chi connectivity index (χ0) is 8.43. The molecular weight excluding hydrogens is 253 g/mol. The van der Waals surface area contributed by atoms with Crippen LogP contribution in [0, 0.1) is 11.3 Å². The average molecular weight is 255 g/mol. The molecule has 11 heavy (non-hydrogen) atoms. The zero-order valence-corrected chi connectivity index (χ0v) is 8.28. The van der Waals surface area contributed by atoms with E-state index in [0.29, 0.717) is 4.73 Å². The molecule has 0 aliphatic heterocycles. The van der Waals surface area contributed by atoms with Gasteiger partial charge in [-0.1, -0.05) is 23.2 Å². The smallest absolute Gasteiger partial charge is 0.180 e. The van der Waals surface area contributed by atoms with Crippen LogP contribution in [0.5, 0.6) is 0 Å². The molecule has 0 amide bonds. The van der Waals surface area contributed by atoms with E-state index in [4.69, 9.17) is 28.5 Å². The van der Waals surface area contributed by atoms with Gasteiger partial charge in [-0.05, 0) is 15.9 Å². The van der Waals surface area contributed by atoms with Gasteiger partial charge < -0.3 is 0 Å². The van der Waals surface area contributed by atoms with Crippen LogP contribution >= 0.6 is 39.1 Å². The molecule has 0 saturated carbocycles. The molecule has 0 aliphatic rings. The van der Waals surface area contributed by atoms with E-state index in [-0.39, 0.29) is 16.9 Å². The largest absolute Gasteiger partial charge is 0.294 e. The number of hydrogen-bond donors (Lipinski definition) is 0. The van der Waals surface area contributed by atoms with Gasteiger partial charge in [-0.15, -0.1) is 0 Å². The fourth-order valence-corrected chi connectivity index (χ4v) is 1.63. The maximum atomic E-state index is 8.36. The molecule has 0 N–H and O–H groups in total. The lowest BCUT2D eigenvalue weighted by atomic mass is 10.7. The van der Waals surface area contributed by atoms with Gasteiger partial charge in [0.25, 0.3) is 0 Å². The second kappa shape index (κ2) is 3.44. The molecular formula is C5H2BrCl2N3.